The van der Waals surface area contributed by atoms with Crippen molar-refractivity contribution in [1.82, 2.24) is 0 Å². The molecule has 1 aliphatic rings. The lowest BCUT2D eigenvalue weighted by Crippen LogP contribution is -2.16. The average Bonchev–Trinajstić information content (AvgIpc) is 2.48. The number of hydrogen-bond acceptors (Lipinski definition) is 0. The van der Waals surface area contributed by atoms with Gasteiger partial charge in [-0.05, 0) is 42.9 Å². The molecule has 17 heavy (non-hydrogen) atoms. The van der Waals surface area contributed by atoms with Gasteiger partial charge in [-0.2, -0.15) is 0 Å². The van der Waals surface area contributed by atoms with Crippen LogP contribution in [-0.2, 0) is 6.42 Å². The summed E-state index contributed by atoms with van der Waals surface area (Å²) in [5.74, 6) is 0.581. The predicted molar refractivity (Wildman–Crippen MR) is 79.1 cm³/mol. The molecule has 1 aromatic rings. The van der Waals surface area contributed by atoms with Gasteiger partial charge in [-0.15, -0.1) is 11.6 Å². The van der Waals surface area contributed by atoms with Gasteiger partial charge in [-0.3, -0.25) is 0 Å². The van der Waals surface area contributed by atoms with Crippen molar-refractivity contribution in [2.45, 2.75) is 43.9 Å². The highest BCUT2D eigenvalue weighted by atomic mass is 79.9. The first-order valence-electron chi connectivity index (χ1n) is 6.25. The zero-order valence-electron chi connectivity index (χ0n) is 9.76. The maximum atomic E-state index is 6.47. The fourth-order valence-electron chi connectivity index (χ4n) is 2.54. The van der Waals surface area contributed by atoms with Crippen LogP contribution in [0.25, 0.3) is 0 Å². The molecule has 1 saturated carbocycles. The molecule has 2 unspecified atom stereocenters. The molecule has 3 heteroatoms. The van der Waals surface area contributed by atoms with Gasteiger partial charge < -0.3 is 0 Å². The minimum atomic E-state index is 0.317. The van der Waals surface area contributed by atoms with Crippen molar-refractivity contribution in [1.29, 1.82) is 0 Å². The Morgan fingerprint density at radius 1 is 1.18 bits per heavy atom. The number of hydrogen-bond donors (Lipinski definition) is 0. The van der Waals surface area contributed by atoms with Gasteiger partial charge in [0.1, 0.15) is 0 Å². The second kappa shape index (κ2) is 6.45. The Morgan fingerprint density at radius 3 is 2.71 bits per heavy atom. The van der Waals surface area contributed by atoms with Crippen LogP contribution in [0.1, 0.15) is 37.7 Å². The predicted octanol–water partition coefficient (Wildman–Crippen LogP) is 5.83. The van der Waals surface area contributed by atoms with Crippen LogP contribution in [-0.4, -0.2) is 5.38 Å². The second-order valence-electron chi connectivity index (χ2n) is 4.85. The minimum absolute atomic E-state index is 0.317. The highest BCUT2D eigenvalue weighted by molar-refractivity contribution is 9.10. The summed E-state index contributed by atoms with van der Waals surface area (Å²) in [5, 5.41) is 1.17. The van der Waals surface area contributed by atoms with Crippen LogP contribution in [0.2, 0.25) is 5.02 Å². The van der Waals surface area contributed by atoms with Gasteiger partial charge in [0.05, 0.1) is 0 Å². The summed E-state index contributed by atoms with van der Waals surface area (Å²) in [7, 11) is 0. The van der Waals surface area contributed by atoms with Gasteiger partial charge in [0.25, 0.3) is 0 Å². The van der Waals surface area contributed by atoms with Gasteiger partial charge in [0.2, 0.25) is 0 Å². The smallest absolute Gasteiger partial charge is 0.0449 e. The van der Waals surface area contributed by atoms with Crippen LogP contribution >= 0.6 is 39.1 Å². The number of rotatable bonds is 2. The SMILES string of the molecule is Clc1cc(Br)ccc1CC1CCCCCC1Cl. The van der Waals surface area contributed by atoms with Gasteiger partial charge in [-0.25, -0.2) is 0 Å². The fraction of sp³-hybridized carbons (Fsp3) is 0.571. The topological polar surface area (TPSA) is 0 Å². The van der Waals surface area contributed by atoms with E-state index in [1.807, 2.05) is 6.07 Å². The molecule has 1 fully saturated rings. The van der Waals surface area contributed by atoms with Crippen molar-refractivity contribution < 1.29 is 0 Å². The summed E-state index contributed by atoms with van der Waals surface area (Å²) in [6.45, 7) is 0. The molecule has 0 saturated heterocycles. The first kappa shape index (κ1) is 13.7. The summed E-state index contributed by atoms with van der Waals surface area (Å²) in [6, 6.07) is 6.14. The van der Waals surface area contributed by atoms with Crippen LogP contribution in [0.15, 0.2) is 22.7 Å². The zero-order valence-corrected chi connectivity index (χ0v) is 12.9. The van der Waals surface area contributed by atoms with Gasteiger partial charge in [-0.1, -0.05) is 52.9 Å². The molecule has 0 amide bonds. The maximum Gasteiger partial charge on any atom is 0.0449 e. The van der Waals surface area contributed by atoms with Crippen LogP contribution in [0.3, 0.4) is 0 Å². The molecule has 0 N–H and O–H groups in total. The highest BCUT2D eigenvalue weighted by Gasteiger charge is 2.22. The van der Waals surface area contributed by atoms with Crippen molar-refractivity contribution in [2.75, 3.05) is 0 Å². The van der Waals surface area contributed by atoms with E-state index in [1.165, 1.54) is 31.2 Å². The van der Waals surface area contributed by atoms with E-state index in [1.54, 1.807) is 0 Å². The van der Waals surface area contributed by atoms with Crippen LogP contribution in [0.5, 0.6) is 0 Å². The van der Waals surface area contributed by atoms with E-state index < -0.39 is 0 Å². The van der Waals surface area contributed by atoms with Crippen LogP contribution < -0.4 is 0 Å². The molecule has 0 aliphatic heterocycles. The number of benzene rings is 1. The maximum absolute atomic E-state index is 6.47. The van der Waals surface area contributed by atoms with Gasteiger partial charge in [0.15, 0.2) is 0 Å². The Hall–Kier alpha value is 0.280. The van der Waals surface area contributed by atoms with Crippen LogP contribution in [0, 0.1) is 5.92 Å². The Kier molecular flexibility index (Phi) is 5.20. The monoisotopic (exact) mass is 334 g/mol. The third-order valence-electron chi connectivity index (χ3n) is 3.56. The quantitative estimate of drug-likeness (QED) is 0.471. The van der Waals surface area contributed by atoms with E-state index in [-0.39, 0.29) is 0 Å². The summed E-state index contributed by atoms with van der Waals surface area (Å²) in [4.78, 5) is 0. The lowest BCUT2D eigenvalue weighted by atomic mass is 9.92. The number of alkyl halides is 1. The van der Waals surface area contributed by atoms with Crippen molar-refractivity contribution >= 4 is 39.1 Å². The molecular formula is C14H17BrCl2. The summed E-state index contributed by atoms with van der Waals surface area (Å²) in [6.07, 6.45) is 7.32. The summed E-state index contributed by atoms with van der Waals surface area (Å²) >= 11 is 16.2. The zero-order chi connectivity index (χ0) is 12.3. The molecule has 0 bridgehead atoms. The van der Waals surface area contributed by atoms with E-state index in [0.29, 0.717) is 11.3 Å². The van der Waals surface area contributed by atoms with E-state index in [4.69, 9.17) is 23.2 Å². The molecule has 2 rings (SSSR count). The molecule has 0 spiro atoms. The lowest BCUT2D eigenvalue weighted by Gasteiger charge is -2.20. The van der Waals surface area contributed by atoms with E-state index in [0.717, 1.165) is 22.3 Å². The van der Waals surface area contributed by atoms with Crippen LogP contribution in [0.4, 0.5) is 0 Å². The van der Waals surface area contributed by atoms with E-state index in [9.17, 15) is 0 Å². The third-order valence-corrected chi connectivity index (χ3v) is 4.98. The first-order chi connectivity index (χ1) is 8.16. The van der Waals surface area contributed by atoms with E-state index >= 15 is 0 Å². The molecule has 1 aromatic carbocycles. The molecule has 94 valence electrons. The second-order valence-corrected chi connectivity index (χ2v) is 6.74. The van der Waals surface area contributed by atoms with Crippen molar-refractivity contribution in [3.05, 3.63) is 33.3 Å². The average molecular weight is 336 g/mol. The standard InChI is InChI=1S/C14H17BrCl2/c15-12-7-6-11(14(17)9-12)8-10-4-2-1-3-5-13(10)16/h6-7,9-10,13H,1-5,8H2. The lowest BCUT2D eigenvalue weighted by molar-refractivity contribution is 0.465. The molecule has 2 atom stereocenters. The van der Waals surface area contributed by atoms with Gasteiger partial charge in [0, 0.05) is 14.9 Å². The molecule has 0 radical (unpaired) electrons. The Labute approximate surface area is 122 Å². The molecule has 0 heterocycles. The van der Waals surface area contributed by atoms with Crippen molar-refractivity contribution in [3.8, 4) is 0 Å². The third kappa shape index (κ3) is 3.87. The molecular weight excluding hydrogens is 319 g/mol. The molecule has 1 aliphatic carbocycles. The summed E-state index contributed by atoms with van der Waals surface area (Å²) < 4.78 is 1.04. The fourth-order valence-corrected chi connectivity index (χ4v) is 3.66. The summed E-state index contributed by atoms with van der Waals surface area (Å²) in [5.41, 5.74) is 1.23. The van der Waals surface area contributed by atoms with Crippen molar-refractivity contribution in [3.63, 3.8) is 0 Å². The van der Waals surface area contributed by atoms with E-state index in [2.05, 4.69) is 28.1 Å². The normalized spacial score (nSPS) is 25.6. The highest BCUT2D eigenvalue weighted by Crippen LogP contribution is 2.32. The first-order valence-corrected chi connectivity index (χ1v) is 7.85. The minimum Gasteiger partial charge on any atom is -0.123 e. The number of halogens is 3. The Morgan fingerprint density at radius 2 is 1.94 bits per heavy atom. The van der Waals surface area contributed by atoms with Crippen molar-refractivity contribution in [2.24, 2.45) is 5.92 Å². The largest absolute Gasteiger partial charge is 0.123 e. The molecule has 0 aromatic heterocycles. The van der Waals surface area contributed by atoms with Gasteiger partial charge >= 0.3 is 0 Å². The Bertz CT molecular complexity index is 378. The Balaban J connectivity index is 2.08. The molecule has 0 nitrogen and oxygen atoms in total.